The molecule has 1 saturated heterocycles. The summed E-state index contributed by atoms with van der Waals surface area (Å²) < 4.78 is 10.9. The lowest BCUT2D eigenvalue weighted by molar-refractivity contribution is -0.0116. The average molecular weight is 250 g/mol. The van der Waals surface area contributed by atoms with E-state index >= 15 is 0 Å². The monoisotopic (exact) mass is 250 g/mol. The van der Waals surface area contributed by atoms with Crippen LogP contribution in [-0.2, 0) is 10.3 Å². The molecule has 100 valence electrons. The quantitative estimate of drug-likeness (QED) is 0.896. The van der Waals surface area contributed by atoms with Crippen molar-refractivity contribution in [2.45, 2.75) is 32.8 Å². The van der Waals surface area contributed by atoms with Crippen LogP contribution in [0.5, 0.6) is 5.75 Å². The molecular weight excluding hydrogens is 228 g/mol. The summed E-state index contributed by atoms with van der Waals surface area (Å²) in [5.41, 5.74) is 2.23. The molecule has 0 spiro atoms. The van der Waals surface area contributed by atoms with E-state index in [0.717, 1.165) is 29.9 Å². The molecule has 0 saturated carbocycles. The molecular formula is C15H22O3. The van der Waals surface area contributed by atoms with Crippen molar-refractivity contribution in [3.05, 3.63) is 28.8 Å². The number of aryl methyl sites for hydroxylation is 1. The minimum Gasteiger partial charge on any atom is -0.496 e. The van der Waals surface area contributed by atoms with E-state index in [2.05, 4.69) is 6.92 Å². The number of ether oxygens (including phenoxy) is 2. The van der Waals surface area contributed by atoms with E-state index in [0.29, 0.717) is 6.61 Å². The molecule has 18 heavy (non-hydrogen) atoms. The molecule has 0 amide bonds. The van der Waals surface area contributed by atoms with Gasteiger partial charge in [0.15, 0.2) is 0 Å². The Labute approximate surface area is 109 Å². The van der Waals surface area contributed by atoms with Crippen molar-refractivity contribution in [1.82, 2.24) is 0 Å². The Bertz CT molecular complexity index is 432. The number of aliphatic hydroxyl groups is 1. The third-order valence-electron chi connectivity index (χ3n) is 4.15. The minimum absolute atomic E-state index is 0.133. The van der Waals surface area contributed by atoms with Crippen LogP contribution in [0.4, 0.5) is 0 Å². The highest BCUT2D eigenvalue weighted by atomic mass is 16.5. The van der Waals surface area contributed by atoms with Gasteiger partial charge in [-0.3, -0.25) is 0 Å². The second-order valence-electron chi connectivity index (χ2n) is 5.30. The highest BCUT2D eigenvalue weighted by molar-refractivity contribution is 5.48. The molecule has 1 fully saturated rings. The zero-order valence-electron chi connectivity index (χ0n) is 11.6. The molecule has 3 heteroatoms. The normalized spacial score (nSPS) is 22.8. The lowest BCUT2D eigenvalue weighted by atomic mass is 9.81. The standard InChI is InChI=1S/C15H22O3/c1-10-5-6-13(14(17-4)11(10)2)15(3,16)12-7-8-18-9-12/h5-6,12,16H,7-9H2,1-4H3. The van der Waals surface area contributed by atoms with Crippen LogP contribution in [0.15, 0.2) is 12.1 Å². The molecule has 2 atom stereocenters. The van der Waals surface area contributed by atoms with Crippen LogP contribution in [0.2, 0.25) is 0 Å². The van der Waals surface area contributed by atoms with Gasteiger partial charge in [0.2, 0.25) is 0 Å². The van der Waals surface area contributed by atoms with Crippen LogP contribution in [-0.4, -0.2) is 25.4 Å². The SMILES string of the molecule is COc1c(C(C)(O)C2CCOC2)ccc(C)c1C. The van der Waals surface area contributed by atoms with E-state index < -0.39 is 5.60 Å². The Morgan fingerprint density at radius 2 is 2.11 bits per heavy atom. The minimum atomic E-state index is -0.902. The number of hydrogen-bond donors (Lipinski definition) is 1. The van der Waals surface area contributed by atoms with Gasteiger partial charge in [-0.2, -0.15) is 0 Å². The molecule has 0 radical (unpaired) electrons. The average Bonchev–Trinajstić information content (AvgIpc) is 2.86. The van der Waals surface area contributed by atoms with Crippen molar-refractivity contribution < 1.29 is 14.6 Å². The summed E-state index contributed by atoms with van der Waals surface area (Å²) in [6, 6.07) is 4.01. The predicted octanol–water partition coefficient (Wildman–Crippen LogP) is 2.56. The Hall–Kier alpha value is -1.06. The van der Waals surface area contributed by atoms with Gasteiger partial charge in [0.1, 0.15) is 5.75 Å². The van der Waals surface area contributed by atoms with Gasteiger partial charge in [0.05, 0.1) is 19.3 Å². The first-order chi connectivity index (χ1) is 8.48. The summed E-state index contributed by atoms with van der Waals surface area (Å²) in [6.45, 7) is 7.28. The van der Waals surface area contributed by atoms with Crippen LogP contribution in [0, 0.1) is 19.8 Å². The second kappa shape index (κ2) is 4.90. The largest absolute Gasteiger partial charge is 0.496 e. The summed E-state index contributed by atoms with van der Waals surface area (Å²) in [5.74, 6) is 0.931. The topological polar surface area (TPSA) is 38.7 Å². The number of methoxy groups -OCH3 is 1. The fraction of sp³-hybridized carbons (Fsp3) is 0.600. The maximum absolute atomic E-state index is 10.9. The molecule has 1 heterocycles. The molecule has 2 rings (SSSR count). The highest BCUT2D eigenvalue weighted by Gasteiger charge is 2.38. The molecule has 1 N–H and O–H groups in total. The second-order valence-corrected chi connectivity index (χ2v) is 5.30. The third kappa shape index (κ3) is 2.13. The van der Waals surface area contributed by atoms with Crippen LogP contribution < -0.4 is 4.74 Å². The Morgan fingerprint density at radius 1 is 1.39 bits per heavy atom. The molecule has 0 aromatic heterocycles. The zero-order valence-corrected chi connectivity index (χ0v) is 11.6. The van der Waals surface area contributed by atoms with Crippen LogP contribution >= 0.6 is 0 Å². The van der Waals surface area contributed by atoms with Gasteiger partial charge in [0, 0.05) is 18.1 Å². The predicted molar refractivity (Wildman–Crippen MR) is 71.0 cm³/mol. The first-order valence-electron chi connectivity index (χ1n) is 6.43. The fourth-order valence-corrected chi connectivity index (χ4v) is 2.65. The number of hydrogen-bond acceptors (Lipinski definition) is 3. The van der Waals surface area contributed by atoms with Crippen molar-refractivity contribution in [2.24, 2.45) is 5.92 Å². The van der Waals surface area contributed by atoms with Gasteiger partial charge in [-0.25, -0.2) is 0 Å². The van der Waals surface area contributed by atoms with Gasteiger partial charge < -0.3 is 14.6 Å². The summed E-state index contributed by atoms with van der Waals surface area (Å²) in [5, 5.41) is 10.9. The Kier molecular flexibility index (Phi) is 3.64. The van der Waals surface area contributed by atoms with Gasteiger partial charge in [0.25, 0.3) is 0 Å². The molecule has 0 aliphatic carbocycles. The van der Waals surface area contributed by atoms with Gasteiger partial charge in [-0.05, 0) is 38.3 Å². The van der Waals surface area contributed by atoms with Crippen molar-refractivity contribution in [3.63, 3.8) is 0 Å². The third-order valence-corrected chi connectivity index (χ3v) is 4.15. The molecule has 1 aromatic carbocycles. The number of benzene rings is 1. The lowest BCUT2D eigenvalue weighted by Gasteiger charge is -2.31. The van der Waals surface area contributed by atoms with Crippen LogP contribution in [0.1, 0.15) is 30.0 Å². The summed E-state index contributed by atoms with van der Waals surface area (Å²) >= 11 is 0. The van der Waals surface area contributed by atoms with E-state index in [-0.39, 0.29) is 5.92 Å². The van der Waals surface area contributed by atoms with Gasteiger partial charge in [-0.15, -0.1) is 0 Å². The zero-order chi connectivity index (χ0) is 13.3. The number of rotatable bonds is 3. The smallest absolute Gasteiger partial charge is 0.128 e. The van der Waals surface area contributed by atoms with Crippen LogP contribution in [0.3, 0.4) is 0 Å². The molecule has 1 aliphatic rings. The summed E-state index contributed by atoms with van der Waals surface area (Å²) in [7, 11) is 1.66. The van der Waals surface area contributed by atoms with Crippen molar-refractivity contribution in [3.8, 4) is 5.75 Å². The molecule has 1 aromatic rings. The Balaban J connectivity index is 2.46. The van der Waals surface area contributed by atoms with E-state index in [1.54, 1.807) is 7.11 Å². The van der Waals surface area contributed by atoms with Crippen molar-refractivity contribution >= 4 is 0 Å². The maximum atomic E-state index is 10.9. The van der Waals surface area contributed by atoms with Crippen molar-refractivity contribution in [2.75, 3.05) is 20.3 Å². The molecule has 0 bridgehead atoms. The van der Waals surface area contributed by atoms with E-state index in [1.165, 1.54) is 5.56 Å². The van der Waals surface area contributed by atoms with E-state index in [1.807, 2.05) is 26.0 Å². The first kappa shape index (κ1) is 13.4. The summed E-state index contributed by atoms with van der Waals surface area (Å²) in [6.07, 6.45) is 0.892. The lowest BCUT2D eigenvalue weighted by Crippen LogP contribution is -2.32. The van der Waals surface area contributed by atoms with Crippen LogP contribution in [0.25, 0.3) is 0 Å². The Morgan fingerprint density at radius 3 is 2.67 bits per heavy atom. The van der Waals surface area contributed by atoms with Gasteiger partial charge in [-0.1, -0.05) is 12.1 Å². The first-order valence-corrected chi connectivity index (χ1v) is 6.43. The van der Waals surface area contributed by atoms with E-state index in [9.17, 15) is 5.11 Å². The maximum Gasteiger partial charge on any atom is 0.128 e. The van der Waals surface area contributed by atoms with E-state index in [4.69, 9.17) is 9.47 Å². The van der Waals surface area contributed by atoms with Gasteiger partial charge >= 0.3 is 0 Å². The molecule has 1 aliphatic heterocycles. The fourth-order valence-electron chi connectivity index (χ4n) is 2.65. The highest BCUT2D eigenvalue weighted by Crippen LogP contribution is 2.41. The van der Waals surface area contributed by atoms with Crippen molar-refractivity contribution in [1.29, 1.82) is 0 Å². The summed E-state index contributed by atoms with van der Waals surface area (Å²) in [4.78, 5) is 0. The molecule has 3 nitrogen and oxygen atoms in total. The molecule has 2 unspecified atom stereocenters.